The smallest absolute Gasteiger partial charge is 0.407 e. The zero-order valence-corrected chi connectivity index (χ0v) is 12.6. The number of hydrogen-bond donors (Lipinski definition) is 3. The average Bonchev–Trinajstić information content (AvgIpc) is 2.85. The third-order valence-electron chi connectivity index (χ3n) is 3.29. The minimum absolute atomic E-state index is 0.165. The number of nitrogens with zero attached hydrogens (tertiary/aromatic N) is 1. The molecule has 0 bridgehead atoms. The van der Waals surface area contributed by atoms with Gasteiger partial charge in [-0.2, -0.15) is 0 Å². The quantitative estimate of drug-likeness (QED) is 0.690. The first kappa shape index (κ1) is 17.1. The number of rotatable bonds is 5. The van der Waals surface area contributed by atoms with Gasteiger partial charge in [0.05, 0.1) is 13.2 Å². The van der Waals surface area contributed by atoms with E-state index in [0.29, 0.717) is 25.9 Å². The van der Waals surface area contributed by atoms with Crippen LogP contribution in [0.4, 0.5) is 9.59 Å². The van der Waals surface area contributed by atoms with Gasteiger partial charge in [0, 0.05) is 13.1 Å². The summed E-state index contributed by atoms with van der Waals surface area (Å²) in [5, 5.41) is 14.3. The monoisotopic (exact) mass is 301 g/mol. The Labute approximate surface area is 123 Å². The minimum atomic E-state index is -1.04. The number of hydrogen-bond acceptors (Lipinski definition) is 4. The van der Waals surface area contributed by atoms with Crippen LogP contribution in [0, 0.1) is 5.92 Å². The standard InChI is InChI=1S/C13H23N3O5/c1-8(2)6-10(11(17)18)15-12(19)16-5-4-9(7-16)14-13(20)21-3/h8-10H,4-7H2,1-3H3,(H,14,20)(H,15,19)(H,17,18)/t9?,10-/m0/s1. The summed E-state index contributed by atoms with van der Waals surface area (Å²) in [7, 11) is 1.28. The highest BCUT2D eigenvalue weighted by Crippen LogP contribution is 2.11. The number of ether oxygens (including phenoxy) is 1. The molecule has 0 saturated carbocycles. The van der Waals surface area contributed by atoms with Crippen LogP contribution in [0.2, 0.25) is 0 Å². The SMILES string of the molecule is COC(=O)NC1CCN(C(=O)N[C@@H](CC(C)C)C(=O)O)C1. The lowest BCUT2D eigenvalue weighted by Crippen LogP contribution is -2.48. The highest BCUT2D eigenvalue weighted by molar-refractivity contribution is 5.82. The molecule has 1 rings (SSSR count). The largest absolute Gasteiger partial charge is 0.480 e. The Balaban J connectivity index is 2.48. The second-order valence-corrected chi connectivity index (χ2v) is 5.54. The number of carboxylic acid groups (broad SMARTS) is 1. The molecule has 0 spiro atoms. The Hall–Kier alpha value is -1.99. The maximum absolute atomic E-state index is 12.1. The van der Waals surface area contributed by atoms with Crippen molar-refractivity contribution in [3.05, 3.63) is 0 Å². The molecule has 2 atom stereocenters. The van der Waals surface area contributed by atoms with Gasteiger partial charge in [-0.3, -0.25) is 0 Å². The van der Waals surface area contributed by atoms with Crippen molar-refractivity contribution in [2.24, 2.45) is 5.92 Å². The molecule has 1 aliphatic heterocycles. The van der Waals surface area contributed by atoms with E-state index >= 15 is 0 Å². The third-order valence-corrected chi connectivity index (χ3v) is 3.29. The number of methoxy groups -OCH3 is 1. The van der Waals surface area contributed by atoms with Gasteiger partial charge in [-0.05, 0) is 18.8 Å². The van der Waals surface area contributed by atoms with Gasteiger partial charge < -0.3 is 25.4 Å². The highest BCUT2D eigenvalue weighted by Gasteiger charge is 2.30. The van der Waals surface area contributed by atoms with Crippen LogP contribution in [-0.2, 0) is 9.53 Å². The Morgan fingerprint density at radius 2 is 2.05 bits per heavy atom. The van der Waals surface area contributed by atoms with Gasteiger partial charge in [-0.25, -0.2) is 14.4 Å². The number of nitrogens with one attached hydrogen (secondary N) is 2. The predicted octanol–water partition coefficient (Wildman–Crippen LogP) is 0.626. The van der Waals surface area contributed by atoms with Gasteiger partial charge in [-0.1, -0.05) is 13.8 Å². The predicted molar refractivity (Wildman–Crippen MR) is 74.9 cm³/mol. The lowest BCUT2D eigenvalue weighted by molar-refractivity contribution is -0.139. The molecule has 0 aromatic heterocycles. The van der Waals surface area contributed by atoms with E-state index in [1.807, 2.05) is 13.8 Å². The molecule has 0 aromatic rings. The summed E-state index contributed by atoms with van der Waals surface area (Å²) in [6.45, 7) is 4.60. The molecule has 3 N–H and O–H groups in total. The van der Waals surface area contributed by atoms with Crippen molar-refractivity contribution in [3.63, 3.8) is 0 Å². The van der Waals surface area contributed by atoms with Gasteiger partial charge in [0.15, 0.2) is 0 Å². The number of carboxylic acids is 1. The average molecular weight is 301 g/mol. The Kier molecular flexibility index (Phi) is 6.26. The molecule has 8 heteroatoms. The lowest BCUT2D eigenvalue weighted by Gasteiger charge is -2.22. The van der Waals surface area contributed by atoms with Gasteiger partial charge in [0.1, 0.15) is 6.04 Å². The molecule has 1 saturated heterocycles. The summed E-state index contributed by atoms with van der Waals surface area (Å²) in [5.41, 5.74) is 0. The molecule has 1 aliphatic rings. The Morgan fingerprint density at radius 1 is 1.38 bits per heavy atom. The van der Waals surface area contributed by atoms with Crippen LogP contribution in [0.1, 0.15) is 26.7 Å². The maximum atomic E-state index is 12.1. The van der Waals surface area contributed by atoms with Crippen LogP contribution < -0.4 is 10.6 Å². The maximum Gasteiger partial charge on any atom is 0.407 e. The van der Waals surface area contributed by atoms with Gasteiger partial charge in [0.25, 0.3) is 0 Å². The summed E-state index contributed by atoms with van der Waals surface area (Å²) in [6, 6.07) is -1.49. The number of carbonyl (C=O) groups excluding carboxylic acids is 2. The molecular weight excluding hydrogens is 278 g/mol. The van der Waals surface area contributed by atoms with Crippen molar-refractivity contribution in [1.29, 1.82) is 0 Å². The number of urea groups is 1. The van der Waals surface area contributed by atoms with Crippen molar-refractivity contribution in [1.82, 2.24) is 15.5 Å². The topological polar surface area (TPSA) is 108 Å². The molecule has 1 heterocycles. The van der Waals surface area contributed by atoms with E-state index in [9.17, 15) is 14.4 Å². The summed E-state index contributed by atoms with van der Waals surface area (Å²) < 4.78 is 4.50. The molecule has 3 amide bonds. The van der Waals surface area contributed by atoms with Gasteiger partial charge >= 0.3 is 18.1 Å². The molecular formula is C13H23N3O5. The van der Waals surface area contributed by atoms with E-state index in [4.69, 9.17) is 5.11 Å². The molecule has 1 unspecified atom stereocenters. The van der Waals surface area contributed by atoms with E-state index in [1.54, 1.807) is 0 Å². The van der Waals surface area contributed by atoms with Crippen LogP contribution in [0.15, 0.2) is 0 Å². The lowest BCUT2D eigenvalue weighted by atomic mass is 10.0. The van der Waals surface area contributed by atoms with Gasteiger partial charge in [0.2, 0.25) is 0 Å². The first-order valence-electron chi connectivity index (χ1n) is 6.96. The van der Waals surface area contributed by atoms with E-state index in [-0.39, 0.29) is 12.0 Å². The summed E-state index contributed by atoms with van der Waals surface area (Å²) in [4.78, 5) is 35.8. The Morgan fingerprint density at radius 3 is 2.57 bits per heavy atom. The fraction of sp³-hybridized carbons (Fsp3) is 0.769. The van der Waals surface area contributed by atoms with E-state index in [1.165, 1.54) is 12.0 Å². The highest BCUT2D eigenvalue weighted by atomic mass is 16.5. The Bertz CT molecular complexity index is 399. The fourth-order valence-corrected chi connectivity index (χ4v) is 2.22. The second-order valence-electron chi connectivity index (χ2n) is 5.54. The minimum Gasteiger partial charge on any atom is -0.480 e. The first-order valence-corrected chi connectivity index (χ1v) is 6.96. The van der Waals surface area contributed by atoms with Crippen LogP contribution in [0.5, 0.6) is 0 Å². The van der Waals surface area contributed by atoms with Crippen molar-refractivity contribution in [3.8, 4) is 0 Å². The number of aliphatic carboxylic acids is 1. The van der Waals surface area contributed by atoms with Crippen molar-refractivity contribution < 1.29 is 24.2 Å². The van der Waals surface area contributed by atoms with Crippen LogP contribution in [0.25, 0.3) is 0 Å². The number of amides is 3. The van der Waals surface area contributed by atoms with E-state index in [0.717, 1.165) is 0 Å². The molecule has 0 aliphatic carbocycles. The number of alkyl carbamates (subject to hydrolysis) is 1. The zero-order valence-electron chi connectivity index (χ0n) is 12.6. The molecule has 21 heavy (non-hydrogen) atoms. The third kappa shape index (κ3) is 5.49. The van der Waals surface area contributed by atoms with Crippen molar-refractivity contribution >= 4 is 18.1 Å². The van der Waals surface area contributed by atoms with Crippen LogP contribution in [0.3, 0.4) is 0 Å². The van der Waals surface area contributed by atoms with Gasteiger partial charge in [-0.15, -0.1) is 0 Å². The van der Waals surface area contributed by atoms with Crippen molar-refractivity contribution in [2.45, 2.75) is 38.8 Å². The van der Waals surface area contributed by atoms with E-state index < -0.39 is 24.1 Å². The fourth-order valence-electron chi connectivity index (χ4n) is 2.22. The molecule has 0 aromatic carbocycles. The summed E-state index contributed by atoms with van der Waals surface area (Å²) in [5.74, 6) is -0.876. The molecule has 120 valence electrons. The first-order chi connectivity index (χ1) is 9.83. The van der Waals surface area contributed by atoms with Crippen molar-refractivity contribution in [2.75, 3.05) is 20.2 Å². The molecule has 8 nitrogen and oxygen atoms in total. The summed E-state index contributed by atoms with van der Waals surface area (Å²) >= 11 is 0. The zero-order chi connectivity index (χ0) is 16.0. The summed E-state index contributed by atoms with van der Waals surface area (Å²) in [6.07, 6.45) is 0.453. The number of likely N-dealkylation sites (tertiary alicyclic amines) is 1. The molecule has 1 fully saturated rings. The van der Waals surface area contributed by atoms with Crippen LogP contribution in [-0.4, -0.2) is 60.4 Å². The second kappa shape index (κ2) is 7.70. The number of carbonyl (C=O) groups is 3. The molecule has 0 radical (unpaired) electrons. The normalized spacial score (nSPS) is 19.2. The van der Waals surface area contributed by atoms with E-state index in [2.05, 4.69) is 15.4 Å². The van der Waals surface area contributed by atoms with Crippen LogP contribution >= 0.6 is 0 Å².